The number of ether oxygens (including phenoxy) is 1. The zero-order valence-electron chi connectivity index (χ0n) is 17.2. The first-order chi connectivity index (χ1) is 15.6. The fraction of sp³-hybridized carbons (Fsp3) is 0.0800. The van der Waals surface area contributed by atoms with Gasteiger partial charge in [-0.25, -0.2) is 0 Å². The van der Waals surface area contributed by atoms with E-state index in [2.05, 4.69) is 10.1 Å². The van der Waals surface area contributed by atoms with E-state index in [1.54, 1.807) is 29.0 Å². The van der Waals surface area contributed by atoms with Crippen molar-refractivity contribution in [2.24, 2.45) is 0 Å². The molecule has 5 rings (SSSR count). The van der Waals surface area contributed by atoms with Gasteiger partial charge in [-0.2, -0.15) is 4.98 Å². The molecule has 0 unspecified atom stereocenters. The number of aromatic nitrogens is 3. The van der Waals surface area contributed by atoms with Gasteiger partial charge in [0, 0.05) is 33.2 Å². The molecule has 158 valence electrons. The Morgan fingerprint density at radius 2 is 1.78 bits per heavy atom. The predicted molar refractivity (Wildman–Crippen MR) is 124 cm³/mol. The third kappa shape index (κ3) is 3.65. The van der Waals surface area contributed by atoms with Crippen LogP contribution in [0.5, 0.6) is 5.75 Å². The summed E-state index contributed by atoms with van der Waals surface area (Å²) in [5.41, 5.74) is 1.98. The molecule has 0 radical (unpaired) electrons. The van der Waals surface area contributed by atoms with Crippen LogP contribution >= 0.6 is 11.6 Å². The van der Waals surface area contributed by atoms with E-state index in [9.17, 15) is 4.79 Å². The summed E-state index contributed by atoms with van der Waals surface area (Å²) in [4.78, 5) is 17.8. The standard InChI is InChI=1S/C25H18ClN3O3/c1-2-31-19-12-10-18(11-13-19)29-15-22(20-8-3-4-9-21(20)25(29)30)24-27-23(28-32-24)16-6-5-7-17(26)14-16/h3-15H,2H2,1H3. The summed E-state index contributed by atoms with van der Waals surface area (Å²) in [7, 11) is 0. The number of nitrogens with zero attached hydrogens (tertiary/aromatic N) is 3. The van der Waals surface area contributed by atoms with Crippen molar-refractivity contribution in [2.45, 2.75) is 6.92 Å². The van der Waals surface area contributed by atoms with Crippen LogP contribution in [0.3, 0.4) is 0 Å². The summed E-state index contributed by atoms with van der Waals surface area (Å²) in [6.45, 7) is 2.50. The molecule has 0 N–H and O–H groups in total. The molecule has 2 heterocycles. The lowest BCUT2D eigenvalue weighted by Gasteiger charge is -2.11. The molecule has 0 aliphatic carbocycles. The zero-order chi connectivity index (χ0) is 22.1. The van der Waals surface area contributed by atoms with E-state index < -0.39 is 0 Å². The zero-order valence-corrected chi connectivity index (χ0v) is 17.9. The lowest BCUT2D eigenvalue weighted by molar-refractivity contribution is 0.340. The lowest BCUT2D eigenvalue weighted by atomic mass is 10.1. The van der Waals surface area contributed by atoms with Crippen molar-refractivity contribution in [3.05, 3.63) is 94.4 Å². The molecule has 6 nitrogen and oxygen atoms in total. The Bertz CT molecular complexity index is 1470. The van der Waals surface area contributed by atoms with Crippen molar-refractivity contribution in [1.29, 1.82) is 0 Å². The van der Waals surface area contributed by atoms with E-state index in [-0.39, 0.29) is 5.56 Å². The number of fused-ring (bicyclic) bond motifs is 1. The van der Waals surface area contributed by atoms with Gasteiger partial charge in [0.1, 0.15) is 5.75 Å². The van der Waals surface area contributed by atoms with Crippen LogP contribution in [-0.2, 0) is 0 Å². The second-order valence-electron chi connectivity index (χ2n) is 7.12. The largest absolute Gasteiger partial charge is 0.494 e. The maximum Gasteiger partial charge on any atom is 0.262 e. The minimum Gasteiger partial charge on any atom is -0.494 e. The van der Waals surface area contributed by atoms with Crippen LogP contribution < -0.4 is 10.3 Å². The Kier molecular flexibility index (Phi) is 5.21. The third-order valence-electron chi connectivity index (χ3n) is 5.09. The van der Waals surface area contributed by atoms with Gasteiger partial charge in [-0.05, 0) is 49.4 Å². The van der Waals surface area contributed by atoms with Crippen molar-refractivity contribution < 1.29 is 9.26 Å². The third-order valence-corrected chi connectivity index (χ3v) is 5.32. The van der Waals surface area contributed by atoms with E-state index in [1.807, 2.05) is 61.5 Å². The van der Waals surface area contributed by atoms with Gasteiger partial charge in [0.05, 0.1) is 12.2 Å². The summed E-state index contributed by atoms with van der Waals surface area (Å²) in [5.74, 6) is 1.48. The van der Waals surface area contributed by atoms with Gasteiger partial charge >= 0.3 is 0 Å². The minimum atomic E-state index is -0.136. The summed E-state index contributed by atoms with van der Waals surface area (Å²) in [6, 6.07) is 22.0. The SMILES string of the molecule is CCOc1ccc(-n2cc(-c3nc(-c4cccc(Cl)c4)no3)c3ccccc3c2=O)cc1. The van der Waals surface area contributed by atoms with Crippen LogP contribution in [0.1, 0.15) is 6.92 Å². The maximum atomic E-state index is 13.2. The number of halogens is 1. The van der Waals surface area contributed by atoms with E-state index in [4.69, 9.17) is 20.9 Å². The Balaban J connectivity index is 1.67. The van der Waals surface area contributed by atoms with Crippen molar-refractivity contribution in [3.63, 3.8) is 0 Å². The highest BCUT2D eigenvalue weighted by atomic mass is 35.5. The van der Waals surface area contributed by atoms with E-state index in [1.165, 1.54) is 0 Å². The van der Waals surface area contributed by atoms with Crippen molar-refractivity contribution in [1.82, 2.24) is 14.7 Å². The van der Waals surface area contributed by atoms with E-state index in [0.29, 0.717) is 40.0 Å². The highest BCUT2D eigenvalue weighted by Crippen LogP contribution is 2.29. The number of pyridine rings is 1. The second kappa shape index (κ2) is 8.32. The van der Waals surface area contributed by atoms with E-state index >= 15 is 0 Å². The van der Waals surface area contributed by atoms with Gasteiger partial charge in [-0.3, -0.25) is 9.36 Å². The fourth-order valence-corrected chi connectivity index (χ4v) is 3.79. The molecule has 5 aromatic rings. The van der Waals surface area contributed by atoms with Gasteiger partial charge in [0.15, 0.2) is 0 Å². The molecule has 0 saturated heterocycles. The molecule has 0 aliphatic heterocycles. The Morgan fingerprint density at radius 3 is 2.53 bits per heavy atom. The molecule has 0 aliphatic rings. The van der Waals surface area contributed by atoms with Crippen LogP contribution in [0.4, 0.5) is 0 Å². The molecular weight excluding hydrogens is 426 g/mol. The lowest BCUT2D eigenvalue weighted by Crippen LogP contribution is -2.18. The number of benzene rings is 3. The predicted octanol–water partition coefficient (Wildman–Crippen LogP) is 5.76. The maximum absolute atomic E-state index is 13.2. The first-order valence-electron chi connectivity index (χ1n) is 10.1. The smallest absolute Gasteiger partial charge is 0.262 e. The second-order valence-corrected chi connectivity index (χ2v) is 7.56. The van der Waals surface area contributed by atoms with Crippen molar-refractivity contribution >= 4 is 22.4 Å². The van der Waals surface area contributed by atoms with Crippen molar-refractivity contribution in [3.8, 4) is 34.3 Å². The molecule has 0 spiro atoms. The molecular formula is C25H18ClN3O3. The highest BCUT2D eigenvalue weighted by molar-refractivity contribution is 6.30. The molecule has 0 atom stereocenters. The first-order valence-corrected chi connectivity index (χ1v) is 10.5. The van der Waals surface area contributed by atoms with Crippen LogP contribution in [0.25, 0.3) is 39.3 Å². The molecule has 0 amide bonds. The van der Waals surface area contributed by atoms with Gasteiger partial charge in [0.25, 0.3) is 11.4 Å². The summed E-state index contributed by atoms with van der Waals surface area (Å²) in [6.07, 6.45) is 1.73. The number of hydrogen-bond donors (Lipinski definition) is 0. The van der Waals surface area contributed by atoms with Crippen LogP contribution in [0.15, 0.2) is 88.3 Å². The van der Waals surface area contributed by atoms with E-state index in [0.717, 1.165) is 16.7 Å². The molecule has 32 heavy (non-hydrogen) atoms. The van der Waals surface area contributed by atoms with Crippen molar-refractivity contribution in [2.75, 3.05) is 6.61 Å². The Hall–Kier alpha value is -3.90. The number of rotatable bonds is 5. The average Bonchev–Trinajstić information content (AvgIpc) is 3.31. The van der Waals surface area contributed by atoms with Crippen LogP contribution in [-0.4, -0.2) is 21.3 Å². The topological polar surface area (TPSA) is 70.2 Å². The monoisotopic (exact) mass is 443 g/mol. The Labute approximate surface area is 188 Å². The molecule has 7 heteroatoms. The minimum absolute atomic E-state index is 0.136. The Morgan fingerprint density at radius 1 is 1.00 bits per heavy atom. The van der Waals surface area contributed by atoms with Gasteiger partial charge in [-0.15, -0.1) is 0 Å². The summed E-state index contributed by atoms with van der Waals surface area (Å²) >= 11 is 6.10. The quantitative estimate of drug-likeness (QED) is 0.345. The molecule has 0 bridgehead atoms. The summed E-state index contributed by atoms with van der Waals surface area (Å²) < 4.78 is 12.7. The highest BCUT2D eigenvalue weighted by Gasteiger charge is 2.17. The molecule has 3 aromatic carbocycles. The average molecular weight is 444 g/mol. The molecule has 2 aromatic heterocycles. The van der Waals surface area contributed by atoms with Crippen LogP contribution in [0, 0.1) is 0 Å². The van der Waals surface area contributed by atoms with Gasteiger partial charge in [-0.1, -0.05) is 47.1 Å². The normalized spacial score (nSPS) is 11.1. The summed E-state index contributed by atoms with van der Waals surface area (Å²) in [5, 5.41) is 6.00. The number of hydrogen-bond acceptors (Lipinski definition) is 5. The molecule has 0 saturated carbocycles. The fourth-order valence-electron chi connectivity index (χ4n) is 3.60. The van der Waals surface area contributed by atoms with Gasteiger partial charge in [0.2, 0.25) is 5.82 Å². The molecule has 0 fully saturated rings. The van der Waals surface area contributed by atoms with Gasteiger partial charge < -0.3 is 9.26 Å². The first kappa shape index (κ1) is 20.0. The van der Waals surface area contributed by atoms with Crippen LogP contribution in [0.2, 0.25) is 5.02 Å².